The van der Waals surface area contributed by atoms with Gasteiger partial charge >= 0.3 is 0 Å². The summed E-state index contributed by atoms with van der Waals surface area (Å²) in [5.74, 6) is 1.02. The second kappa shape index (κ2) is 9.56. The minimum Gasteiger partial charge on any atom is -0.497 e. The lowest BCUT2D eigenvalue weighted by atomic mass is 9.97. The lowest BCUT2D eigenvalue weighted by Gasteiger charge is -2.29. The Bertz CT molecular complexity index is 1110. The van der Waals surface area contributed by atoms with E-state index in [0.29, 0.717) is 36.5 Å². The highest BCUT2D eigenvalue weighted by Gasteiger charge is 2.26. The van der Waals surface area contributed by atoms with Gasteiger partial charge in [0.05, 0.1) is 7.11 Å². The number of nitrogens with one attached hydrogen (secondary N) is 1. The summed E-state index contributed by atoms with van der Waals surface area (Å²) in [4.78, 5) is 27.2. The SMILES string of the molecule is COc1ccc(NC(=O)COc2cccc3c2CCN(Cc2ccc(C)cc2)C3=O)cc1. The smallest absolute Gasteiger partial charge is 0.262 e. The molecule has 0 aliphatic carbocycles. The number of carbonyl (C=O) groups is 2. The Kier molecular flexibility index (Phi) is 6.40. The first-order valence-electron chi connectivity index (χ1n) is 10.6. The fourth-order valence-electron chi connectivity index (χ4n) is 3.76. The molecule has 0 unspecified atom stereocenters. The molecule has 3 aromatic carbocycles. The Hall–Kier alpha value is -3.80. The van der Waals surface area contributed by atoms with E-state index in [9.17, 15) is 9.59 Å². The highest BCUT2D eigenvalue weighted by molar-refractivity contribution is 5.97. The van der Waals surface area contributed by atoms with Gasteiger partial charge in [-0.1, -0.05) is 35.9 Å². The molecule has 32 heavy (non-hydrogen) atoms. The van der Waals surface area contributed by atoms with Crippen molar-refractivity contribution in [3.63, 3.8) is 0 Å². The van der Waals surface area contributed by atoms with Gasteiger partial charge in [0.1, 0.15) is 11.5 Å². The fraction of sp³-hybridized carbons (Fsp3) is 0.231. The van der Waals surface area contributed by atoms with Gasteiger partial charge in [-0.05, 0) is 55.3 Å². The zero-order chi connectivity index (χ0) is 22.5. The number of anilines is 1. The molecule has 6 heteroatoms. The minimum atomic E-state index is -0.268. The van der Waals surface area contributed by atoms with E-state index in [1.165, 1.54) is 5.56 Å². The van der Waals surface area contributed by atoms with Gasteiger partial charge in [0, 0.05) is 29.9 Å². The van der Waals surface area contributed by atoms with Crippen LogP contribution < -0.4 is 14.8 Å². The maximum atomic E-state index is 13.1. The zero-order valence-electron chi connectivity index (χ0n) is 18.3. The summed E-state index contributed by atoms with van der Waals surface area (Å²) < 4.78 is 10.9. The summed E-state index contributed by atoms with van der Waals surface area (Å²) in [5.41, 5.74) is 4.46. The van der Waals surface area contributed by atoms with Crippen molar-refractivity contribution in [1.29, 1.82) is 0 Å². The molecule has 0 radical (unpaired) electrons. The zero-order valence-corrected chi connectivity index (χ0v) is 18.3. The average Bonchev–Trinajstić information content (AvgIpc) is 2.81. The number of nitrogens with zero attached hydrogens (tertiary/aromatic N) is 1. The summed E-state index contributed by atoms with van der Waals surface area (Å²) in [7, 11) is 1.59. The van der Waals surface area contributed by atoms with Gasteiger partial charge in [-0.25, -0.2) is 0 Å². The molecular weight excluding hydrogens is 404 g/mol. The van der Waals surface area contributed by atoms with Crippen LogP contribution in [-0.4, -0.2) is 37.0 Å². The Labute approximate surface area is 187 Å². The monoisotopic (exact) mass is 430 g/mol. The molecule has 0 atom stereocenters. The van der Waals surface area contributed by atoms with Crippen LogP contribution in [0, 0.1) is 6.92 Å². The average molecular weight is 431 g/mol. The van der Waals surface area contributed by atoms with Crippen LogP contribution in [0.25, 0.3) is 0 Å². The minimum absolute atomic E-state index is 0.0139. The molecule has 1 heterocycles. The van der Waals surface area contributed by atoms with E-state index in [1.807, 2.05) is 24.0 Å². The molecular formula is C26H26N2O4. The number of amides is 2. The van der Waals surface area contributed by atoms with Crippen LogP contribution in [0.2, 0.25) is 0 Å². The number of carbonyl (C=O) groups excluding carboxylic acids is 2. The number of hydrogen-bond acceptors (Lipinski definition) is 4. The van der Waals surface area contributed by atoms with Crippen molar-refractivity contribution < 1.29 is 19.1 Å². The fourth-order valence-corrected chi connectivity index (χ4v) is 3.76. The molecule has 0 fully saturated rings. The summed E-state index contributed by atoms with van der Waals surface area (Å²) in [6, 6.07) is 20.7. The Balaban J connectivity index is 1.39. The summed E-state index contributed by atoms with van der Waals surface area (Å²) in [6.07, 6.45) is 0.684. The Morgan fingerprint density at radius 1 is 1.03 bits per heavy atom. The third-order valence-corrected chi connectivity index (χ3v) is 5.51. The van der Waals surface area contributed by atoms with Gasteiger partial charge < -0.3 is 19.7 Å². The van der Waals surface area contributed by atoms with Crippen LogP contribution in [0.15, 0.2) is 66.7 Å². The molecule has 0 spiro atoms. The van der Waals surface area contributed by atoms with Crippen molar-refractivity contribution in [2.75, 3.05) is 25.6 Å². The van der Waals surface area contributed by atoms with Crippen molar-refractivity contribution in [1.82, 2.24) is 4.90 Å². The Morgan fingerprint density at radius 3 is 2.50 bits per heavy atom. The van der Waals surface area contributed by atoms with Crippen LogP contribution in [0.1, 0.15) is 27.0 Å². The topological polar surface area (TPSA) is 67.9 Å². The molecule has 1 aliphatic rings. The highest BCUT2D eigenvalue weighted by Crippen LogP contribution is 2.29. The molecule has 1 N–H and O–H groups in total. The number of fused-ring (bicyclic) bond motifs is 1. The third-order valence-electron chi connectivity index (χ3n) is 5.51. The molecule has 2 amide bonds. The number of aryl methyl sites for hydroxylation is 1. The molecule has 1 aliphatic heterocycles. The highest BCUT2D eigenvalue weighted by atomic mass is 16.5. The van der Waals surface area contributed by atoms with Gasteiger partial charge in [-0.15, -0.1) is 0 Å². The van der Waals surface area contributed by atoms with Crippen LogP contribution >= 0.6 is 0 Å². The lowest BCUT2D eigenvalue weighted by molar-refractivity contribution is -0.118. The molecule has 0 bridgehead atoms. The summed E-state index contributed by atoms with van der Waals surface area (Å²) in [5, 5.41) is 2.80. The number of rotatable bonds is 7. The van der Waals surface area contributed by atoms with Crippen LogP contribution in [0.4, 0.5) is 5.69 Å². The second-order valence-electron chi connectivity index (χ2n) is 7.81. The summed E-state index contributed by atoms with van der Waals surface area (Å²) >= 11 is 0. The van der Waals surface area contributed by atoms with Gasteiger partial charge in [-0.3, -0.25) is 9.59 Å². The molecule has 0 aromatic heterocycles. The maximum absolute atomic E-state index is 13.1. The molecule has 0 saturated carbocycles. The van der Waals surface area contributed by atoms with Gasteiger partial charge in [0.2, 0.25) is 0 Å². The van der Waals surface area contributed by atoms with E-state index in [4.69, 9.17) is 9.47 Å². The number of hydrogen-bond donors (Lipinski definition) is 1. The van der Waals surface area contributed by atoms with Crippen molar-refractivity contribution >= 4 is 17.5 Å². The Morgan fingerprint density at radius 2 is 1.78 bits per heavy atom. The van der Waals surface area contributed by atoms with Crippen molar-refractivity contribution in [2.24, 2.45) is 0 Å². The van der Waals surface area contributed by atoms with Crippen LogP contribution in [0.3, 0.4) is 0 Å². The number of ether oxygens (including phenoxy) is 2. The van der Waals surface area contributed by atoms with E-state index in [-0.39, 0.29) is 18.4 Å². The van der Waals surface area contributed by atoms with E-state index in [1.54, 1.807) is 37.4 Å². The second-order valence-corrected chi connectivity index (χ2v) is 7.81. The van der Waals surface area contributed by atoms with E-state index in [2.05, 4.69) is 29.6 Å². The largest absolute Gasteiger partial charge is 0.497 e. The van der Waals surface area contributed by atoms with E-state index >= 15 is 0 Å². The van der Waals surface area contributed by atoms with Gasteiger partial charge in [0.25, 0.3) is 11.8 Å². The van der Waals surface area contributed by atoms with Crippen molar-refractivity contribution in [3.05, 3.63) is 89.0 Å². The third kappa shape index (κ3) is 4.91. The van der Waals surface area contributed by atoms with E-state index in [0.717, 1.165) is 16.9 Å². The molecule has 3 aromatic rings. The normalized spacial score (nSPS) is 12.8. The van der Waals surface area contributed by atoms with Gasteiger partial charge in [0.15, 0.2) is 6.61 Å². The van der Waals surface area contributed by atoms with Gasteiger partial charge in [-0.2, -0.15) is 0 Å². The maximum Gasteiger partial charge on any atom is 0.262 e. The lowest BCUT2D eigenvalue weighted by Crippen LogP contribution is -2.37. The predicted octanol–water partition coefficient (Wildman–Crippen LogP) is 4.22. The number of benzene rings is 3. The van der Waals surface area contributed by atoms with E-state index < -0.39 is 0 Å². The molecule has 4 rings (SSSR count). The first-order valence-corrected chi connectivity index (χ1v) is 10.6. The first kappa shape index (κ1) is 21.4. The number of methoxy groups -OCH3 is 1. The summed E-state index contributed by atoms with van der Waals surface area (Å²) in [6.45, 7) is 3.10. The van der Waals surface area contributed by atoms with Crippen LogP contribution in [0.5, 0.6) is 11.5 Å². The molecule has 6 nitrogen and oxygen atoms in total. The quantitative estimate of drug-likeness (QED) is 0.609. The standard InChI is InChI=1S/C26H26N2O4/c1-18-6-8-19(9-7-18)16-28-15-14-22-23(26(28)30)4-3-5-24(22)32-17-25(29)27-20-10-12-21(31-2)13-11-20/h3-13H,14-17H2,1-2H3,(H,27,29). The predicted molar refractivity (Wildman–Crippen MR) is 123 cm³/mol. The van der Waals surface area contributed by atoms with Crippen molar-refractivity contribution in [3.8, 4) is 11.5 Å². The molecule has 164 valence electrons. The first-order chi connectivity index (χ1) is 15.5. The molecule has 0 saturated heterocycles. The van der Waals surface area contributed by atoms with Crippen molar-refractivity contribution in [2.45, 2.75) is 19.9 Å². The van der Waals surface area contributed by atoms with Crippen LogP contribution in [-0.2, 0) is 17.8 Å².